The number of aromatic nitrogens is 1. The van der Waals surface area contributed by atoms with E-state index in [0.717, 1.165) is 6.07 Å². The van der Waals surface area contributed by atoms with Crippen molar-refractivity contribution in [3.8, 4) is 34.5 Å². The van der Waals surface area contributed by atoms with Gasteiger partial charge in [0.05, 0.1) is 25.6 Å². The molecule has 3 aromatic rings. The number of hydrogen-bond donors (Lipinski definition) is 4. The Bertz CT molecular complexity index is 1200. The molecular formula is C25H25NO9. The van der Waals surface area contributed by atoms with Gasteiger partial charge in [-0.25, -0.2) is 0 Å². The number of fused-ring (bicyclic) bond motifs is 1. The number of nitrogens with zero attached hydrogens (tertiary/aromatic N) is 1. The molecule has 35 heavy (non-hydrogen) atoms. The molecule has 0 radical (unpaired) electrons. The molecule has 2 heterocycles. The zero-order valence-electron chi connectivity index (χ0n) is 18.9. The fraction of sp³-hybridized carbons (Fsp3) is 0.280. The summed E-state index contributed by atoms with van der Waals surface area (Å²) in [7, 11) is 1.54. The van der Waals surface area contributed by atoms with Gasteiger partial charge >= 0.3 is 0 Å². The maximum atomic E-state index is 12.6. The second-order valence-corrected chi connectivity index (χ2v) is 7.83. The SMILES string of the molecule is COc1ccc(COc2cc(C3Oc4cc(O)cc(O)c4C(=O)CC3O)ccc2OCCO)nc1. The van der Waals surface area contributed by atoms with Crippen molar-refractivity contribution in [2.24, 2.45) is 0 Å². The fourth-order valence-corrected chi connectivity index (χ4v) is 3.72. The minimum Gasteiger partial charge on any atom is -0.508 e. The molecule has 4 rings (SSSR count). The number of ether oxygens (including phenoxy) is 4. The van der Waals surface area contributed by atoms with E-state index in [4.69, 9.17) is 24.1 Å². The number of ketones is 1. The molecule has 0 aliphatic carbocycles. The van der Waals surface area contributed by atoms with Crippen LogP contribution >= 0.6 is 0 Å². The Labute approximate surface area is 200 Å². The second-order valence-electron chi connectivity index (χ2n) is 7.83. The van der Waals surface area contributed by atoms with Crippen LogP contribution in [0.2, 0.25) is 0 Å². The van der Waals surface area contributed by atoms with Gasteiger partial charge in [-0.05, 0) is 29.8 Å². The zero-order chi connectivity index (χ0) is 24.9. The molecule has 4 N–H and O–H groups in total. The minimum atomic E-state index is -1.24. The van der Waals surface area contributed by atoms with E-state index in [1.165, 1.54) is 6.07 Å². The summed E-state index contributed by atoms with van der Waals surface area (Å²) >= 11 is 0. The van der Waals surface area contributed by atoms with Gasteiger partial charge in [-0.2, -0.15) is 0 Å². The smallest absolute Gasteiger partial charge is 0.173 e. The number of phenolic OH excluding ortho intramolecular Hbond substituents is 2. The van der Waals surface area contributed by atoms with Gasteiger partial charge in [0.1, 0.15) is 47.9 Å². The first-order valence-electron chi connectivity index (χ1n) is 10.8. The van der Waals surface area contributed by atoms with E-state index in [0.29, 0.717) is 28.5 Å². The molecule has 10 heteroatoms. The normalized spacial score (nSPS) is 17.2. The third-order valence-corrected chi connectivity index (χ3v) is 5.40. The standard InChI is InChI=1S/C25H25NO9/c1-32-17-4-3-15(26-12-17)13-34-22-8-14(2-5-21(22)33-7-6-27)25-20(31)11-19(30)24-18(29)9-16(28)10-23(24)35-25/h2-5,8-10,12,20,25,27-29,31H,6-7,11,13H2,1H3. The Morgan fingerprint density at radius 1 is 1.09 bits per heavy atom. The molecule has 2 aromatic carbocycles. The topological polar surface area (TPSA) is 148 Å². The number of carbonyl (C=O) groups excluding carboxylic acids is 1. The van der Waals surface area contributed by atoms with Gasteiger partial charge < -0.3 is 39.4 Å². The van der Waals surface area contributed by atoms with Crippen molar-refractivity contribution in [3.63, 3.8) is 0 Å². The molecule has 2 unspecified atom stereocenters. The molecule has 0 saturated carbocycles. The van der Waals surface area contributed by atoms with Gasteiger partial charge in [-0.15, -0.1) is 0 Å². The van der Waals surface area contributed by atoms with Crippen molar-refractivity contribution in [1.29, 1.82) is 0 Å². The van der Waals surface area contributed by atoms with E-state index in [9.17, 15) is 20.1 Å². The van der Waals surface area contributed by atoms with Gasteiger partial charge in [-0.3, -0.25) is 9.78 Å². The summed E-state index contributed by atoms with van der Waals surface area (Å²) in [6.07, 6.45) is -0.982. The van der Waals surface area contributed by atoms with Crippen molar-refractivity contribution in [2.45, 2.75) is 25.2 Å². The summed E-state index contributed by atoms with van der Waals surface area (Å²) in [4.78, 5) is 16.9. The lowest BCUT2D eigenvalue weighted by molar-refractivity contribution is 0.0355. The number of pyridine rings is 1. The van der Waals surface area contributed by atoms with Crippen LogP contribution in [0.4, 0.5) is 0 Å². The van der Waals surface area contributed by atoms with Crippen LogP contribution in [0.3, 0.4) is 0 Å². The highest BCUT2D eigenvalue weighted by molar-refractivity contribution is 6.02. The molecule has 0 saturated heterocycles. The number of Topliss-reactive ketones (excluding diaryl/α,β-unsaturated/α-hetero) is 1. The van der Waals surface area contributed by atoms with Crippen molar-refractivity contribution < 1.29 is 44.2 Å². The molecule has 1 aliphatic heterocycles. The highest BCUT2D eigenvalue weighted by Crippen LogP contribution is 2.42. The van der Waals surface area contributed by atoms with Crippen molar-refractivity contribution in [1.82, 2.24) is 4.98 Å². The molecule has 0 bridgehead atoms. The van der Waals surface area contributed by atoms with Crippen LogP contribution in [-0.4, -0.2) is 57.6 Å². The van der Waals surface area contributed by atoms with E-state index in [2.05, 4.69) is 4.98 Å². The number of aliphatic hydroxyl groups is 2. The quantitative estimate of drug-likeness (QED) is 0.377. The average molecular weight is 483 g/mol. The van der Waals surface area contributed by atoms with Gasteiger partial charge in [0, 0.05) is 18.6 Å². The number of benzene rings is 2. The first kappa shape index (κ1) is 24.1. The van der Waals surface area contributed by atoms with Crippen LogP contribution < -0.4 is 18.9 Å². The fourth-order valence-electron chi connectivity index (χ4n) is 3.72. The molecular weight excluding hydrogens is 458 g/mol. The first-order chi connectivity index (χ1) is 16.9. The number of carbonyl (C=O) groups is 1. The van der Waals surface area contributed by atoms with Gasteiger partial charge in [0.25, 0.3) is 0 Å². The number of rotatable bonds is 8. The molecule has 1 aliphatic rings. The Morgan fingerprint density at radius 3 is 2.63 bits per heavy atom. The largest absolute Gasteiger partial charge is 0.508 e. The number of phenols is 2. The lowest BCUT2D eigenvalue weighted by Crippen LogP contribution is -2.23. The average Bonchev–Trinajstić information content (AvgIpc) is 2.97. The molecule has 1 aromatic heterocycles. The molecule has 10 nitrogen and oxygen atoms in total. The molecule has 2 atom stereocenters. The van der Waals surface area contributed by atoms with Gasteiger partial charge in [0.2, 0.25) is 0 Å². The van der Waals surface area contributed by atoms with Crippen LogP contribution in [0.1, 0.15) is 34.1 Å². The Balaban J connectivity index is 1.64. The third-order valence-electron chi connectivity index (χ3n) is 5.40. The summed E-state index contributed by atoms with van der Waals surface area (Å²) < 4.78 is 22.5. The monoisotopic (exact) mass is 483 g/mol. The van der Waals surface area contributed by atoms with Crippen molar-refractivity contribution >= 4 is 5.78 Å². The first-order valence-corrected chi connectivity index (χ1v) is 10.8. The summed E-state index contributed by atoms with van der Waals surface area (Å²) in [5.74, 6) is -0.00851. The molecule has 184 valence electrons. The summed E-state index contributed by atoms with van der Waals surface area (Å²) in [6.45, 7) is -0.0584. The van der Waals surface area contributed by atoms with Crippen molar-refractivity contribution in [2.75, 3.05) is 20.3 Å². The van der Waals surface area contributed by atoms with Gasteiger partial charge in [-0.1, -0.05) is 6.07 Å². The van der Waals surface area contributed by atoms with E-state index in [-0.39, 0.29) is 43.3 Å². The highest BCUT2D eigenvalue weighted by Gasteiger charge is 2.34. The maximum absolute atomic E-state index is 12.6. The number of methoxy groups -OCH3 is 1. The van der Waals surface area contributed by atoms with Crippen LogP contribution in [0, 0.1) is 0 Å². The van der Waals surface area contributed by atoms with E-state index in [1.807, 2.05) is 0 Å². The Morgan fingerprint density at radius 2 is 1.91 bits per heavy atom. The number of aromatic hydroxyl groups is 2. The lowest BCUT2D eigenvalue weighted by atomic mass is 9.98. The summed E-state index contributed by atoms with van der Waals surface area (Å²) in [5.41, 5.74) is 0.991. The Kier molecular flexibility index (Phi) is 7.23. The predicted molar refractivity (Wildman–Crippen MR) is 122 cm³/mol. The van der Waals surface area contributed by atoms with Crippen LogP contribution in [0.25, 0.3) is 0 Å². The molecule has 0 fully saturated rings. The number of aliphatic hydroxyl groups excluding tert-OH is 2. The van der Waals surface area contributed by atoms with Crippen LogP contribution in [0.5, 0.6) is 34.5 Å². The lowest BCUT2D eigenvalue weighted by Gasteiger charge is -2.23. The summed E-state index contributed by atoms with van der Waals surface area (Å²) in [6, 6.07) is 10.6. The van der Waals surface area contributed by atoms with Gasteiger partial charge in [0.15, 0.2) is 23.4 Å². The third kappa shape index (κ3) is 5.39. The maximum Gasteiger partial charge on any atom is 0.173 e. The van der Waals surface area contributed by atoms with Crippen LogP contribution in [-0.2, 0) is 6.61 Å². The van der Waals surface area contributed by atoms with Crippen LogP contribution in [0.15, 0.2) is 48.7 Å². The predicted octanol–water partition coefficient (Wildman–Crippen LogP) is 2.52. The summed E-state index contributed by atoms with van der Waals surface area (Å²) in [5, 5.41) is 39.9. The molecule has 0 amide bonds. The minimum absolute atomic E-state index is 0.0411. The van der Waals surface area contributed by atoms with E-state index in [1.54, 1.807) is 43.6 Å². The highest BCUT2D eigenvalue weighted by atomic mass is 16.5. The number of hydrogen-bond acceptors (Lipinski definition) is 10. The molecule has 0 spiro atoms. The zero-order valence-corrected chi connectivity index (χ0v) is 18.9. The van der Waals surface area contributed by atoms with E-state index >= 15 is 0 Å². The second kappa shape index (κ2) is 10.5. The van der Waals surface area contributed by atoms with Crippen molar-refractivity contribution in [3.05, 3.63) is 65.5 Å². The Hall–Kier alpha value is -4.02. The van der Waals surface area contributed by atoms with E-state index < -0.39 is 23.7 Å².